The molecule has 0 aliphatic carbocycles. The van der Waals surface area contributed by atoms with Gasteiger partial charge in [-0.25, -0.2) is 31.1 Å². The van der Waals surface area contributed by atoms with E-state index in [2.05, 4.69) is 10.5 Å². The van der Waals surface area contributed by atoms with Gasteiger partial charge in [-0.3, -0.25) is 0 Å². The maximum Gasteiger partial charge on any atom is 0.244 e. The van der Waals surface area contributed by atoms with E-state index >= 15 is 0 Å². The van der Waals surface area contributed by atoms with E-state index in [1.54, 1.807) is 19.0 Å². The molecule has 0 aromatic heterocycles. The predicted octanol–water partition coefficient (Wildman–Crippen LogP) is 0.864. The summed E-state index contributed by atoms with van der Waals surface area (Å²) in [5.41, 5.74) is -1.07. The topological polar surface area (TPSA) is 75.4 Å². The van der Waals surface area contributed by atoms with E-state index < -0.39 is 43.9 Å². The Morgan fingerprint density at radius 3 is 1.85 bits per heavy atom. The molecule has 0 heterocycles. The fourth-order valence-electron chi connectivity index (χ4n) is 1.42. The van der Waals surface area contributed by atoms with Gasteiger partial charge in [0.1, 0.15) is 5.69 Å². The van der Waals surface area contributed by atoms with Gasteiger partial charge in [-0.1, -0.05) is 0 Å². The highest BCUT2D eigenvalue weighted by Gasteiger charge is 2.31. The van der Waals surface area contributed by atoms with Crippen LogP contribution in [0, 0.1) is 23.3 Å². The quantitative estimate of drug-likeness (QED) is 0.624. The first kappa shape index (κ1) is 16.7. The highest BCUT2D eigenvalue weighted by atomic mass is 32.2. The van der Waals surface area contributed by atoms with E-state index in [1.165, 1.54) is 0 Å². The number of nitrogens with zero attached hydrogens (tertiary/aromatic N) is 1. The van der Waals surface area contributed by atoms with Gasteiger partial charge in [0.25, 0.3) is 0 Å². The molecule has 3 N–H and O–H groups in total. The third-order valence-electron chi connectivity index (χ3n) is 2.37. The molecule has 0 spiro atoms. The molecule has 10 heteroatoms. The molecular weight excluding hydrogens is 302 g/mol. The highest BCUT2D eigenvalue weighted by Crippen LogP contribution is 2.30. The summed E-state index contributed by atoms with van der Waals surface area (Å²) in [6.45, 7) is 0.327. The van der Waals surface area contributed by atoms with Crippen molar-refractivity contribution in [3.05, 3.63) is 23.3 Å². The van der Waals surface area contributed by atoms with Crippen molar-refractivity contribution in [3.8, 4) is 0 Å². The van der Waals surface area contributed by atoms with Crippen LogP contribution in [-0.2, 0) is 10.0 Å². The normalized spacial score (nSPS) is 12.0. The molecule has 0 radical (unpaired) electrons. The summed E-state index contributed by atoms with van der Waals surface area (Å²) >= 11 is 0. The SMILES string of the molecule is CN(C)CCNc1c(F)c(F)c(S(N)(=O)=O)c(F)c1F. The Hall–Kier alpha value is -1.39. The molecule has 0 saturated carbocycles. The maximum atomic E-state index is 13.6. The molecule has 0 aliphatic heterocycles. The van der Waals surface area contributed by atoms with Gasteiger partial charge < -0.3 is 10.2 Å². The Bertz CT molecular complexity index is 590. The summed E-state index contributed by atoms with van der Waals surface area (Å²) in [6.07, 6.45) is 0. The average molecular weight is 315 g/mol. The van der Waals surface area contributed by atoms with Crippen molar-refractivity contribution in [1.29, 1.82) is 0 Å². The van der Waals surface area contributed by atoms with Gasteiger partial charge >= 0.3 is 0 Å². The van der Waals surface area contributed by atoms with E-state index in [1.807, 2.05) is 0 Å². The van der Waals surface area contributed by atoms with Gasteiger partial charge in [0.05, 0.1) is 0 Å². The first-order chi connectivity index (χ1) is 9.07. The second-order valence-corrected chi connectivity index (χ2v) is 5.73. The number of anilines is 1. The molecule has 0 aliphatic rings. The number of benzene rings is 1. The number of nitrogens with two attached hydrogens (primary N) is 1. The van der Waals surface area contributed by atoms with Crippen molar-refractivity contribution in [2.24, 2.45) is 5.14 Å². The number of nitrogens with one attached hydrogen (secondary N) is 1. The van der Waals surface area contributed by atoms with E-state index in [0.717, 1.165) is 0 Å². The van der Waals surface area contributed by atoms with Crippen LogP contribution >= 0.6 is 0 Å². The number of sulfonamides is 1. The zero-order chi connectivity index (χ0) is 15.7. The molecule has 0 saturated heterocycles. The summed E-state index contributed by atoms with van der Waals surface area (Å²) in [5, 5.41) is 6.68. The minimum absolute atomic E-state index is 0.00551. The van der Waals surface area contributed by atoms with Crippen LogP contribution in [0.3, 0.4) is 0 Å². The number of rotatable bonds is 5. The van der Waals surface area contributed by atoms with Crippen LogP contribution in [0.2, 0.25) is 0 Å². The van der Waals surface area contributed by atoms with Crippen LogP contribution < -0.4 is 10.5 Å². The van der Waals surface area contributed by atoms with Crippen molar-refractivity contribution < 1.29 is 26.0 Å². The van der Waals surface area contributed by atoms with Crippen LogP contribution in [0.25, 0.3) is 0 Å². The molecule has 0 unspecified atom stereocenters. The molecule has 0 fully saturated rings. The van der Waals surface area contributed by atoms with E-state index in [4.69, 9.17) is 0 Å². The monoisotopic (exact) mass is 315 g/mol. The minimum Gasteiger partial charge on any atom is -0.379 e. The van der Waals surface area contributed by atoms with Crippen molar-refractivity contribution in [2.45, 2.75) is 4.90 Å². The zero-order valence-electron chi connectivity index (χ0n) is 10.7. The second-order valence-electron chi connectivity index (χ2n) is 4.24. The molecule has 20 heavy (non-hydrogen) atoms. The Morgan fingerprint density at radius 1 is 1.05 bits per heavy atom. The fraction of sp³-hybridized carbons (Fsp3) is 0.400. The molecule has 0 bridgehead atoms. The average Bonchev–Trinajstić information content (AvgIpc) is 2.29. The van der Waals surface area contributed by atoms with Gasteiger partial charge in [0.15, 0.2) is 28.2 Å². The van der Waals surface area contributed by atoms with Crippen molar-refractivity contribution >= 4 is 15.7 Å². The van der Waals surface area contributed by atoms with Gasteiger partial charge in [-0.05, 0) is 14.1 Å². The molecule has 1 aromatic carbocycles. The van der Waals surface area contributed by atoms with Crippen LogP contribution in [0.1, 0.15) is 0 Å². The Balaban J connectivity index is 3.30. The fourth-order valence-corrected chi connectivity index (χ4v) is 2.10. The van der Waals surface area contributed by atoms with Crippen LogP contribution in [-0.4, -0.2) is 40.5 Å². The molecule has 1 aromatic rings. The largest absolute Gasteiger partial charge is 0.379 e. The summed E-state index contributed by atoms with van der Waals surface area (Å²) in [5.74, 6) is -7.80. The van der Waals surface area contributed by atoms with Crippen LogP contribution in [0.4, 0.5) is 23.2 Å². The molecule has 5 nitrogen and oxygen atoms in total. The number of halogens is 4. The van der Waals surface area contributed by atoms with E-state index in [0.29, 0.717) is 6.54 Å². The predicted molar refractivity (Wildman–Crippen MR) is 64.7 cm³/mol. The standard InChI is InChI=1S/C10H13F4N3O2S/c1-17(2)4-3-16-9-5(11)7(13)10(20(15,18)19)8(14)6(9)12/h16H,3-4H2,1-2H3,(H2,15,18,19). The van der Waals surface area contributed by atoms with Gasteiger partial charge in [-0.2, -0.15) is 0 Å². The maximum absolute atomic E-state index is 13.6. The zero-order valence-corrected chi connectivity index (χ0v) is 11.5. The number of hydrogen-bond donors (Lipinski definition) is 2. The Morgan fingerprint density at radius 2 is 1.50 bits per heavy atom. The second kappa shape index (κ2) is 5.94. The third kappa shape index (κ3) is 3.38. The molecule has 114 valence electrons. The lowest BCUT2D eigenvalue weighted by molar-refractivity contribution is 0.414. The summed E-state index contributed by atoms with van der Waals surface area (Å²) < 4.78 is 76.0. The van der Waals surface area contributed by atoms with Crippen molar-refractivity contribution in [2.75, 3.05) is 32.5 Å². The molecular formula is C10H13F4N3O2S. The summed E-state index contributed by atoms with van der Waals surface area (Å²) in [4.78, 5) is -0.167. The number of hydrogen-bond acceptors (Lipinski definition) is 4. The van der Waals surface area contributed by atoms with Crippen LogP contribution in [0.15, 0.2) is 4.90 Å². The highest BCUT2D eigenvalue weighted by molar-refractivity contribution is 7.89. The molecule has 0 amide bonds. The van der Waals surface area contributed by atoms with E-state index in [-0.39, 0.29) is 6.54 Å². The van der Waals surface area contributed by atoms with Gasteiger partial charge in [0.2, 0.25) is 10.0 Å². The third-order valence-corrected chi connectivity index (χ3v) is 3.30. The molecule has 0 atom stereocenters. The Labute approximate surface area is 113 Å². The smallest absolute Gasteiger partial charge is 0.244 e. The lowest BCUT2D eigenvalue weighted by Crippen LogP contribution is -2.23. The van der Waals surface area contributed by atoms with Crippen molar-refractivity contribution in [1.82, 2.24) is 4.90 Å². The van der Waals surface area contributed by atoms with Crippen LogP contribution in [0.5, 0.6) is 0 Å². The number of likely N-dealkylation sites (N-methyl/N-ethyl adjacent to an activating group) is 1. The summed E-state index contributed by atoms with van der Waals surface area (Å²) in [6, 6.07) is 0. The van der Waals surface area contributed by atoms with Gasteiger partial charge in [0, 0.05) is 13.1 Å². The summed E-state index contributed by atoms with van der Waals surface area (Å²) in [7, 11) is -1.57. The number of primary sulfonamides is 1. The van der Waals surface area contributed by atoms with Gasteiger partial charge in [-0.15, -0.1) is 0 Å². The first-order valence-corrected chi connectivity index (χ1v) is 6.89. The van der Waals surface area contributed by atoms with Crippen molar-refractivity contribution in [3.63, 3.8) is 0 Å². The molecule has 1 rings (SSSR count). The lowest BCUT2D eigenvalue weighted by Gasteiger charge is -2.14. The Kier molecular flexibility index (Phi) is 4.95. The first-order valence-electron chi connectivity index (χ1n) is 5.34. The van der Waals surface area contributed by atoms with E-state index in [9.17, 15) is 26.0 Å². The minimum atomic E-state index is -4.93. The lowest BCUT2D eigenvalue weighted by atomic mass is 10.2.